The Morgan fingerprint density at radius 2 is 2.30 bits per heavy atom. The molecule has 4 nitrogen and oxygen atoms in total. The third-order valence-electron chi connectivity index (χ3n) is 0.802. The van der Waals surface area contributed by atoms with E-state index in [-0.39, 0.29) is 36.2 Å². The third kappa shape index (κ3) is 8.98. The van der Waals surface area contributed by atoms with Gasteiger partial charge in [0.2, 0.25) is 0 Å². The van der Waals surface area contributed by atoms with Crippen LogP contribution in [0.5, 0.6) is 0 Å². The SMILES string of the molecule is CC(CCO)O[P+](=O)[O-].[Na+]. The van der Waals surface area contributed by atoms with E-state index in [1.165, 1.54) is 0 Å². The first-order valence-corrected chi connectivity index (χ1v) is 3.68. The van der Waals surface area contributed by atoms with Crippen LogP contribution in [0.25, 0.3) is 0 Å². The normalized spacial score (nSPS) is 13.7. The molecule has 1 N–H and O–H groups in total. The minimum atomic E-state index is -2.76. The van der Waals surface area contributed by atoms with E-state index in [1.54, 1.807) is 6.92 Å². The van der Waals surface area contributed by atoms with Gasteiger partial charge in [0.1, 0.15) is 6.10 Å². The van der Waals surface area contributed by atoms with Gasteiger partial charge in [0, 0.05) is 13.0 Å². The summed E-state index contributed by atoms with van der Waals surface area (Å²) in [5.74, 6) is 0. The Bertz CT molecular complexity index is 99.3. The molecule has 0 amide bonds. The van der Waals surface area contributed by atoms with Crippen molar-refractivity contribution in [3.05, 3.63) is 0 Å². The van der Waals surface area contributed by atoms with Crippen molar-refractivity contribution in [1.82, 2.24) is 0 Å². The van der Waals surface area contributed by atoms with E-state index < -0.39 is 14.4 Å². The second-order valence-electron chi connectivity index (χ2n) is 1.65. The second-order valence-corrected chi connectivity index (χ2v) is 2.31. The van der Waals surface area contributed by atoms with Gasteiger partial charge >= 0.3 is 37.8 Å². The Balaban J connectivity index is 0. The van der Waals surface area contributed by atoms with Crippen LogP contribution in [-0.2, 0) is 9.09 Å². The summed E-state index contributed by atoms with van der Waals surface area (Å²) in [5.41, 5.74) is 0. The summed E-state index contributed by atoms with van der Waals surface area (Å²) in [6.45, 7) is 1.53. The number of aliphatic hydroxyl groups excluding tert-OH is 1. The van der Waals surface area contributed by atoms with Crippen LogP contribution in [0.3, 0.4) is 0 Å². The van der Waals surface area contributed by atoms with Gasteiger partial charge in [-0.1, -0.05) is 0 Å². The van der Waals surface area contributed by atoms with Crippen molar-refractivity contribution in [3.63, 3.8) is 0 Å². The second kappa shape index (κ2) is 8.08. The van der Waals surface area contributed by atoms with Crippen LogP contribution in [0.2, 0.25) is 0 Å². The quantitative estimate of drug-likeness (QED) is 0.361. The van der Waals surface area contributed by atoms with Crippen molar-refractivity contribution < 1.29 is 48.6 Å². The van der Waals surface area contributed by atoms with E-state index >= 15 is 0 Å². The molecule has 0 fully saturated rings. The average Bonchev–Trinajstić information content (AvgIpc) is 1.63. The summed E-state index contributed by atoms with van der Waals surface area (Å²) in [6, 6.07) is 0. The first-order valence-electron chi connectivity index (χ1n) is 2.59. The monoisotopic (exact) mass is 175 g/mol. The van der Waals surface area contributed by atoms with E-state index in [2.05, 4.69) is 4.52 Å². The zero-order chi connectivity index (χ0) is 7.28. The molecule has 0 bridgehead atoms. The topological polar surface area (TPSA) is 69.6 Å². The van der Waals surface area contributed by atoms with Crippen LogP contribution >= 0.6 is 8.25 Å². The first-order chi connectivity index (χ1) is 4.16. The Hall–Kier alpha value is 0.980. The first kappa shape index (κ1) is 13.6. The van der Waals surface area contributed by atoms with E-state index in [1.807, 2.05) is 0 Å². The van der Waals surface area contributed by atoms with Crippen molar-refractivity contribution >= 4 is 8.25 Å². The zero-order valence-corrected chi connectivity index (χ0v) is 9.01. The number of rotatable bonds is 4. The Kier molecular flexibility index (Phi) is 11.0. The molecule has 54 valence electrons. The molecule has 0 aliphatic carbocycles. The molecule has 0 aliphatic heterocycles. The third-order valence-corrected chi connectivity index (χ3v) is 1.33. The van der Waals surface area contributed by atoms with Gasteiger partial charge < -0.3 is 10.00 Å². The Morgan fingerprint density at radius 3 is 2.60 bits per heavy atom. The summed E-state index contributed by atoms with van der Waals surface area (Å²) in [4.78, 5) is 9.82. The maximum atomic E-state index is 9.82. The van der Waals surface area contributed by atoms with Gasteiger partial charge in [-0.05, 0) is 11.5 Å². The molecular weight excluding hydrogens is 166 g/mol. The Labute approximate surface area is 82.8 Å². The van der Waals surface area contributed by atoms with Gasteiger partial charge in [-0.2, -0.15) is 0 Å². The standard InChI is InChI=1S/C4H9O4P.Na/c1-4(2-3-5)8-9(6)7;/h4-5H,2-3H2,1H3;/q;+1. The fourth-order valence-corrected chi connectivity index (χ4v) is 0.781. The van der Waals surface area contributed by atoms with Gasteiger partial charge in [0.25, 0.3) is 0 Å². The van der Waals surface area contributed by atoms with Gasteiger partial charge in [-0.3, -0.25) is 0 Å². The summed E-state index contributed by atoms with van der Waals surface area (Å²) in [6.07, 6.45) is -0.0559. The summed E-state index contributed by atoms with van der Waals surface area (Å²) in [7, 11) is -2.76. The van der Waals surface area contributed by atoms with E-state index in [9.17, 15) is 9.46 Å². The molecule has 0 aromatic carbocycles. The molecule has 0 aromatic heterocycles. The molecule has 6 heteroatoms. The van der Waals surface area contributed by atoms with Gasteiger partial charge in [0.15, 0.2) is 0 Å². The zero-order valence-electron chi connectivity index (χ0n) is 6.11. The molecule has 0 aromatic rings. The molecule has 0 aliphatic rings. The van der Waals surface area contributed by atoms with Crippen molar-refractivity contribution in [1.29, 1.82) is 0 Å². The van der Waals surface area contributed by atoms with Crippen LogP contribution in [0.15, 0.2) is 0 Å². The van der Waals surface area contributed by atoms with Crippen molar-refractivity contribution in [2.75, 3.05) is 6.61 Å². The molecule has 0 heterocycles. The number of hydrogen-bond donors (Lipinski definition) is 1. The molecule has 2 atom stereocenters. The van der Waals surface area contributed by atoms with Crippen molar-refractivity contribution in [3.8, 4) is 0 Å². The largest absolute Gasteiger partial charge is 1.00 e. The van der Waals surface area contributed by atoms with Crippen molar-refractivity contribution in [2.24, 2.45) is 0 Å². The summed E-state index contributed by atoms with van der Waals surface area (Å²) in [5, 5.41) is 8.27. The maximum absolute atomic E-state index is 9.82. The molecule has 0 spiro atoms. The van der Waals surface area contributed by atoms with E-state index in [4.69, 9.17) is 5.11 Å². The molecule has 2 unspecified atom stereocenters. The summed E-state index contributed by atoms with van der Waals surface area (Å²) >= 11 is 0. The van der Waals surface area contributed by atoms with E-state index in [0.717, 1.165) is 0 Å². The van der Waals surface area contributed by atoms with Crippen LogP contribution in [0.1, 0.15) is 13.3 Å². The fourth-order valence-electron chi connectivity index (χ4n) is 0.381. The van der Waals surface area contributed by atoms with Gasteiger partial charge in [-0.15, -0.1) is 4.52 Å². The minimum Gasteiger partial charge on any atom is -0.566 e. The molecule has 10 heavy (non-hydrogen) atoms. The molecule has 0 saturated carbocycles. The molecule has 0 radical (unpaired) electrons. The number of aliphatic hydroxyl groups is 1. The van der Waals surface area contributed by atoms with Crippen molar-refractivity contribution in [2.45, 2.75) is 19.4 Å². The van der Waals surface area contributed by atoms with Crippen LogP contribution in [-0.4, -0.2) is 17.8 Å². The smallest absolute Gasteiger partial charge is 0.566 e. The molecule has 0 saturated heterocycles. The Morgan fingerprint density at radius 1 is 1.80 bits per heavy atom. The maximum Gasteiger partial charge on any atom is 1.00 e. The molecule has 0 rings (SSSR count). The predicted molar refractivity (Wildman–Crippen MR) is 29.9 cm³/mol. The van der Waals surface area contributed by atoms with E-state index in [0.29, 0.717) is 6.42 Å². The summed E-state index contributed by atoms with van der Waals surface area (Å²) < 4.78 is 14.1. The van der Waals surface area contributed by atoms with Gasteiger partial charge in [-0.25, -0.2) is 0 Å². The number of hydrogen-bond acceptors (Lipinski definition) is 4. The van der Waals surface area contributed by atoms with Gasteiger partial charge in [0.05, 0.1) is 0 Å². The van der Waals surface area contributed by atoms with Crippen LogP contribution < -0.4 is 34.5 Å². The average molecular weight is 175 g/mol. The van der Waals surface area contributed by atoms with Crippen LogP contribution in [0, 0.1) is 0 Å². The van der Waals surface area contributed by atoms with Crippen LogP contribution in [0.4, 0.5) is 0 Å². The molecular formula is C4H9NaO4P+. The fraction of sp³-hybridized carbons (Fsp3) is 1.00. The minimum absolute atomic E-state index is 0. The predicted octanol–water partition coefficient (Wildman–Crippen LogP) is -3.20.